The molecule has 0 aliphatic rings. The van der Waals surface area contributed by atoms with E-state index in [9.17, 15) is 9.59 Å². The first-order valence-corrected chi connectivity index (χ1v) is 11.7. The summed E-state index contributed by atoms with van der Waals surface area (Å²) in [5, 5.41) is 15.3. The Labute approximate surface area is 210 Å². The lowest BCUT2D eigenvalue weighted by Crippen LogP contribution is -2.32. The van der Waals surface area contributed by atoms with Crippen LogP contribution in [0.2, 0.25) is 0 Å². The third kappa shape index (κ3) is 3.71. The van der Waals surface area contributed by atoms with Gasteiger partial charge in [0.1, 0.15) is 5.56 Å². The number of nitrogens with one attached hydrogen (secondary N) is 2. The minimum absolute atomic E-state index is 0.0760. The van der Waals surface area contributed by atoms with Crippen LogP contribution in [0.4, 0.5) is 5.82 Å². The van der Waals surface area contributed by atoms with E-state index in [4.69, 9.17) is 5.73 Å². The van der Waals surface area contributed by atoms with Gasteiger partial charge in [0.25, 0.3) is 11.5 Å². The summed E-state index contributed by atoms with van der Waals surface area (Å²) in [6, 6.07) is 18.1. The Kier molecular flexibility index (Phi) is 5.26. The van der Waals surface area contributed by atoms with Gasteiger partial charge in [0, 0.05) is 35.5 Å². The molecule has 10 nitrogen and oxygen atoms in total. The topological polar surface area (TPSA) is 136 Å². The summed E-state index contributed by atoms with van der Waals surface area (Å²) in [6.45, 7) is 1.83. The van der Waals surface area contributed by atoms with Crippen molar-refractivity contribution < 1.29 is 4.79 Å². The fraction of sp³-hybridized carbons (Fsp3) is 0.0741. The van der Waals surface area contributed by atoms with Gasteiger partial charge in [-0.25, -0.2) is 9.50 Å². The number of para-hydroxylation sites is 1. The largest absolute Gasteiger partial charge is 0.381 e. The van der Waals surface area contributed by atoms with Gasteiger partial charge in [0.05, 0.1) is 17.6 Å². The molecule has 10 heteroatoms. The number of nitrogens with zero attached hydrogens (tertiary/aromatic N) is 5. The van der Waals surface area contributed by atoms with Crippen molar-refractivity contribution in [3.8, 4) is 16.8 Å². The van der Waals surface area contributed by atoms with Gasteiger partial charge in [0.2, 0.25) is 0 Å². The summed E-state index contributed by atoms with van der Waals surface area (Å²) < 4.78 is 3.09. The number of rotatable bonds is 5. The van der Waals surface area contributed by atoms with Crippen molar-refractivity contribution in [2.24, 2.45) is 0 Å². The lowest BCUT2D eigenvalue weighted by molar-refractivity contribution is 0.0941. The van der Waals surface area contributed by atoms with Gasteiger partial charge < -0.3 is 11.1 Å². The number of carbonyl (C=O) groups is 1. The number of benzene rings is 2. The molecule has 0 bridgehead atoms. The number of amides is 1. The summed E-state index contributed by atoms with van der Waals surface area (Å²) in [5.41, 5.74) is 9.28. The maximum Gasteiger partial charge on any atom is 0.263 e. The van der Waals surface area contributed by atoms with E-state index in [2.05, 4.69) is 25.6 Å². The molecule has 37 heavy (non-hydrogen) atoms. The molecule has 4 N–H and O–H groups in total. The third-order valence-electron chi connectivity index (χ3n) is 6.34. The zero-order valence-electron chi connectivity index (χ0n) is 19.8. The zero-order chi connectivity index (χ0) is 25.5. The van der Waals surface area contributed by atoms with E-state index in [1.54, 1.807) is 35.4 Å². The van der Waals surface area contributed by atoms with Gasteiger partial charge >= 0.3 is 0 Å². The van der Waals surface area contributed by atoms with E-state index < -0.39 is 11.9 Å². The van der Waals surface area contributed by atoms with Crippen molar-refractivity contribution >= 4 is 28.1 Å². The maximum absolute atomic E-state index is 14.1. The van der Waals surface area contributed by atoms with Crippen molar-refractivity contribution in [1.82, 2.24) is 34.7 Å². The van der Waals surface area contributed by atoms with Crippen LogP contribution in [-0.4, -0.2) is 35.3 Å². The molecule has 0 fully saturated rings. The van der Waals surface area contributed by atoms with E-state index in [1.165, 1.54) is 4.52 Å². The summed E-state index contributed by atoms with van der Waals surface area (Å²) >= 11 is 0. The molecule has 0 spiro atoms. The molecule has 1 amide bonds. The lowest BCUT2D eigenvalue weighted by Gasteiger charge is -2.21. The van der Waals surface area contributed by atoms with Crippen molar-refractivity contribution in [1.29, 1.82) is 0 Å². The standard InChI is InChI=1S/C27H22N8O2/c1-16(32-26(36)23-24(28)33-34-12-6-11-29-25(23)34)21-13-17-7-5-10-20(18-14-30-31-15-18)22(17)27(37)35(21)19-8-3-2-4-9-19/h2-16H,1H3,(H2,28,33)(H,30,31)(H,32,36)/t16-/m0/s1. The number of H-pyrrole nitrogens is 1. The molecule has 6 rings (SSSR count). The van der Waals surface area contributed by atoms with E-state index in [-0.39, 0.29) is 16.9 Å². The Morgan fingerprint density at radius 2 is 1.95 bits per heavy atom. The fourth-order valence-electron chi connectivity index (χ4n) is 4.65. The van der Waals surface area contributed by atoms with Crippen LogP contribution in [0.1, 0.15) is 29.0 Å². The van der Waals surface area contributed by atoms with Gasteiger partial charge in [-0.2, -0.15) is 5.10 Å². The van der Waals surface area contributed by atoms with E-state index in [0.29, 0.717) is 22.4 Å². The minimum atomic E-state index is -0.555. The Morgan fingerprint density at radius 1 is 1.11 bits per heavy atom. The van der Waals surface area contributed by atoms with E-state index in [0.717, 1.165) is 16.5 Å². The number of hydrogen-bond acceptors (Lipinski definition) is 6. The molecule has 182 valence electrons. The molecule has 6 aromatic rings. The van der Waals surface area contributed by atoms with Gasteiger partial charge in [0.15, 0.2) is 11.5 Å². The van der Waals surface area contributed by atoms with Crippen molar-refractivity contribution in [3.05, 3.63) is 107 Å². The number of nitrogens with two attached hydrogens (primary N) is 1. The third-order valence-corrected chi connectivity index (χ3v) is 6.34. The smallest absolute Gasteiger partial charge is 0.263 e. The summed E-state index contributed by atoms with van der Waals surface area (Å²) in [6.07, 6.45) is 6.69. The van der Waals surface area contributed by atoms with Crippen LogP contribution < -0.4 is 16.6 Å². The molecule has 0 unspecified atom stereocenters. The summed E-state index contributed by atoms with van der Waals surface area (Å²) in [4.78, 5) is 31.7. The second kappa shape index (κ2) is 8.76. The molecule has 0 saturated carbocycles. The molecule has 2 aromatic carbocycles. The molecule has 0 aliphatic carbocycles. The highest BCUT2D eigenvalue weighted by Gasteiger charge is 2.24. The summed E-state index contributed by atoms with van der Waals surface area (Å²) in [7, 11) is 0. The molecular weight excluding hydrogens is 468 g/mol. The first kappa shape index (κ1) is 22.2. The molecule has 4 aromatic heterocycles. The first-order valence-electron chi connectivity index (χ1n) is 11.7. The zero-order valence-corrected chi connectivity index (χ0v) is 19.8. The van der Waals surface area contributed by atoms with E-state index in [1.807, 2.05) is 61.5 Å². The highest BCUT2D eigenvalue weighted by molar-refractivity contribution is 6.04. The SMILES string of the molecule is C[C@H](NC(=O)c1c(N)nn2cccnc12)c1cc2cccc(-c3cn[nH]c3)c2c(=O)n1-c1ccccc1. The highest BCUT2D eigenvalue weighted by atomic mass is 16.2. The van der Waals surface area contributed by atoms with Crippen LogP contribution >= 0.6 is 0 Å². The van der Waals surface area contributed by atoms with Crippen LogP contribution in [0.15, 0.2) is 90.2 Å². The summed E-state index contributed by atoms with van der Waals surface area (Å²) in [5.74, 6) is -0.356. The predicted octanol–water partition coefficient (Wildman–Crippen LogP) is 3.50. The number of pyridine rings is 1. The monoisotopic (exact) mass is 490 g/mol. The van der Waals surface area contributed by atoms with Gasteiger partial charge in [-0.15, -0.1) is 5.10 Å². The number of hydrogen-bond donors (Lipinski definition) is 3. The molecular formula is C27H22N8O2. The van der Waals surface area contributed by atoms with Crippen molar-refractivity contribution in [2.75, 3.05) is 5.73 Å². The predicted molar refractivity (Wildman–Crippen MR) is 140 cm³/mol. The number of aromatic amines is 1. The lowest BCUT2D eigenvalue weighted by atomic mass is 9.99. The van der Waals surface area contributed by atoms with Crippen molar-refractivity contribution in [3.63, 3.8) is 0 Å². The molecule has 4 heterocycles. The number of fused-ring (bicyclic) bond motifs is 2. The van der Waals surface area contributed by atoms with Gasteiger partial charge in [-0.3, -0.25) is 19.3 Å². The number of aromatic nitrogens is 6. The van der Waals surface area contributed by atoms with Crippen LogP contribution in [0, 0.1) is 0 Å². The molecule has 0 aliphatic heterocycles. The molecule has 1 atom stereocenters. The molecule has 0 radical (unpaired) electrons. The van der Waals surface area contributed by atoms with Crippen LogP contribution in [0.5, 0.6) is 0 Å². The maximum atomic E-state index is 14.1. The fourth-order valence-corrected chi connectivity index (χ4v) is 4.65. The van der Waals surface area contributed by atoms with Gasteiger partial charge in [-0.05, 0) is 42.1 Å². The average molecular weight is 491 g/mol. The normalized spacial score (nSPS) is 12.1. The Hall–Kier alpha value is -5.25. The highest BCUT2D eigenvalue weighted by Crippen LogP contribution is 2.29. The van der Waals surface area contributed by atoms with Gasteiger partial charge in [-0.1, -0.05) is 36.4 Å². The van der Waals surface area contributed by atoms with Crippen LogP contribution in [-0.2, 0) is 0 Å². The second-order valence-electron chi connectivity index (χ2n) is 8.65. The average Bonchev–Trinajstić information content (AvgIpc) is 3.56. The second-order valence-corrected chi connectivity index (χ2v) is 8.65. The minimum Gasteiger partial charge on any atom is -0.381 e. The van der Waals surface area contributed by atoms with Crippen molar-refractivity contribution in [2.45, 2.75) is 13.0 Å². The van der Waals surface area contributed by atoms with Crippen LogP contribution in [0.25, 0.3) is 33.2 Å². The number of anilines is 1. The number of nitrogen functional groups attached to an aromatic ring is 1. The Balaban J connectivity index is 1.51. The Bertz CT molecular complexity index is 1820. The number of carbonyl (C=O) groups excluding carboxylic acids is 1. The molecule has 0 saturated heterocycles. The quantitative estimate of drug-likeness (QED) is 0.338. The van der Waals surface area contributed by atoms with Crippen LogP contribution in [0.3, 0.4) is 0 Å². The first-order chi connectivity index (χ1) is 18.0. The Morgan fingerprint density at radius 3 is 2.73 bits per heavy atom. The van der Waals surface area contributed by atoms with E-state index >= 15 is 0 Å².